The number of benzene rings is 1. The highest BCUT2D eigenvalue weighted by Crippen LogP contribution is 2.22. The first-order valence-corrected chi connectivity index (χ1v) is 6.32. The van der Waals surface area contributed by atoms with Crippen LogP contribution < -0.4 is 14.8 Å². The Morgan fingerprint density at radius 2 is 1.84 bits per heavy atom. The molecule has 0 aliphatic rings. The molecule has 19 heavy (non-hydrogen) atoms. The Morgan fingerprint density at radius 3 is 2.53 bits per heavy atom. The van der Waals surface area contributed by atoms with Crippen molar-refractivity contribution in [2.24, 2.45) is 0 Å². The third kappa shape index (κ3) is 3.96. The fourth-order valence-corrected chi connectivity index (χ4v) is 1.71. The summed E-state index contributed by atoms with van der Waals surface area (Å²) in [6, 6.07) is 11.4. The van der Waals surface area contributed by atoms with E-state index in [0.717, 1.165) is 23.6 Å². The van der Waals surface area contributed by atoms with Crippen LogP contribution in [0.5, 0.6) is 17.4 Å². The number of nitrogens with one attached hydrogen (secondary N) is 1. The van der Waals surface area contributed by atoms with Crippen LogP contribution in [0.1, 0.15) is 12.5 Å². The number of pyridine rings is 1. The van der Waals surface area contributed by atoms with Crippen LogP contribution in [0.2, 0.25) is 0 Å². The minimum absolute atomic E-state index is 0.594. The van der Waals surface area contributed by atoms with E-state index in [4.69, 9.17) is 9.47 Å². The summed E-state index contributed by atoms with van der Waals surface area (Å²) in [5.74, 6) is 2.18. The number of hydrogen-bond donors (Lipinski definition) is 1. The van der Waals surface area contributed by atoms with Gasteiger partial charge in [-0.15, -0.1) is 0 Å². The molecule has 1 aromatic carbocycles. The standard InChI is InChI=1S/C15H18N2O2/c1-3-18-13-4-6-14(7-5-13)19-15-10-12(11-16-2)8-9-17-15/h4-10,16H,3,11H2,1-2H3. The van der Waals surface area contributed by atoms with E-state index in [9.17, 15) is 0 Å². The molecule has 0 atom stereocenters. The maximum absolute atomic E-state index is 5.70. The van der Waals surface area contributed by atoms with Crippen molar-refractivity contribution in [2.75, 3.05) is 13.7 Å². The Morgan fingerprint density at radius 1 is 1.11 bits per heavy atom. The Balaban J connectivity index is 2.05. The molecular weight excluding hydrogens is 240 g/mol. The highest BCUT2D eigenvalue weighted by molar-refractivity contribution is 5.34. The fraction of sp³-hybridized carbons (Fsp3) is 0.267. The summed E-state index contributed by atoms with van der Waals surface area (Å²) in [7, 11) is 1.91. The van der Waals surface area contributed by atoms with Gasteiger partial charge in [0.05, 0.1) is 6.61 Å². The molecule has 0 unspecified atom stereocenters. The van der Waals surface area contributed by atoms with Crippen molar-refractivity contribution in [3.63, 3.8) is 0 Å². The molecule has 0 saturated heterocycles. The molecule has 2 aromatic rings. The molecule has 0 spiro atoms. The summed E-state index contributed by atoms with van der Waals surface area (Å²) in [5, 5.41) is 3.10. The number of rotatable bonds is 6. The van der Waals surface area contributed by atoms with Gasteiger partial charge in [-0.05, 0) is 49.9 Å². The molecule has 1 heterocycles. The van der Waals surface area contributed by atoms with Gasteiger partial charge in [-0.3, -0.25) is 0 Å². The number of ether oxygens (including phenoxy) is 2. The SMILES string of the molecule is CCOc1ccc(Oc2cc(CNC)ccn2)cc1. The lowest BCUT2D eigenvalue weighted by atomic mass is 10.2. The predicted octanol–water partition coefficient (Wildman–Crippen LogP) is 2.99. The van der Waals surface area contributed by atoms with E-state index in [1.54, 1.807) is 6.20 Å². The molecule has 1 N–H and O–H groups in total. The largest absolute Gasteiger partial charge is 0.494 e. The molecule has 0 aliphatic heterocycles. The van der Waals surface area contributed by atoms with Crippen molar-refractivity contribution in [3.05, 3.63) is 48.2 Å². The smallest absolute Gasteiger partial charge is 0.219 e. The Bertz CT molecular complexity index is 512. The van der Waals surface area contributed by atoms with Gasteiger partial charge < -0.3 is 14.8 Å². The highest BCUT2D eigenvalue weighted by Gasteiger charge is 2.01. The van der Waals surface area contributed by atoms with E-state index in [0.29, 0.717) is 12.5 Å². The molecule has 4 nitrogen and oxygen atoms in total. The number of nitrogens with zero attached hydrogens (tertiary/aromatic N) is 1. The maximum atomic E-state index is 5.70. The van der Waals surface area contributed by atoms with Gasteiger partial charge in [0.25, 0.3) is 0 Å². The molecule has 0 aliphatic carbocycles. The topological polar surface area (TPSA) is 43.4 Å². The second-order valence-electron chi connectivity index (χ2n) is 4.04. The second-order valence-corrected chi connectivity index (χ2v) is 4.04. The molecule has 1 aromatic heterocycles. The van der Waals surface area contributed by atoms with Crippen molar-refractivity contribution in [2.45, 2.75) is 13.5 Å². The van der Waals surface area contributed by atoms with Crippen molar-refractivity contribution in [1.82, 2.24) is 10.3 Å². The van der Waals surface area contributed by atoms with Gasteiger partial charge in [0.2, 0.25) is 5.88 Å². The lowest BCUT2D eigenvalue weighted by molar-refractivity contribution is 0.339. The summed E-state index contributed by atoms with van der Waals surface area (Å²) in [4.78, 5) is 4.19. The van der Waals surface area contributed by atoms with Crippen LogP contribution in [-0.2, 0) is 6.54 Å². The molecule has 2 rings (SSSR count). The van der Waals surface area contributed by atoms with Gasteiger partial charge in [-0.2, -0.15) is 0 Å². The summed E-state index contributed by atoms with van der Waals surface area (Å²) in [5.41, 5.74) is 1.14. The summed E-state index contributed by atoms with van der Waals surface area (Å²) in [6.45, 7) is 3.41. The molecule has 0 bridgehead atoms. The van der Waals surface area contributed by atoms with Gasteiger partial charge in [0.1, 0.15) is 11.5 Å². The van der Waals surface area contributed by atoms with E-state index < -0.39 is 0 Å². The van der Waals surface area contributed by atoms with Gasteiger partial charge in [-0.25, -0.2) is 4.98 Å². The summed E-state index contributed by atoms with van der Waals surface area (Å²) < 4.78 is 11.1. The van der Waals surface area contributed by atoms with E-state index >= 15 is 0 Å². The Labute approximate surface area is 113 Å². The average Bonchev–Trinajstić information content (AvgIpc) is 2.42. The minimum Gasteiger partial charge on any atom is -0.494 e. The van der Waals surface area contributed by atoms with Crippen molar-refractivity contribution >= 4 is 0 Å². The lowest BCUT2D eigenvalue weighted by Crippen LogP contribution is -2.05. The predicted molar refractivity (Wildman–Crippen MR) is 74.7 cm³/mol. The fourth-order valence-electron chi connectivity index (χ4n) is 1.71. The van der Waals surface area contributed by atoms with E-state index in [-0.39, 0.29) is 0 Å². The quantitative estimate of drug-likeness (QED) is 0.865. The third-order valence-corrected chi connectivity index (χ3v) is 2.54. The second kappa shape index (κ2) is 6.75. The van der Waals surface area contributed by atoms with Crippen LogP contribution in [0, 0.1) is 0 Å². The first-order chi connectivity index (χ1) is 9.31. The first-order valence-electron chi connectivity index (χ1n) is 6.32. The van der Waals surface area contributed by atoms with Crippen molar-refractivity contribution in [1.29, 1.82) is 0 Å². The van der Waals surface area contributed by atoms with Crippen LogP contribution in [0.4, 0.5) is 0 Å². The Hall–Kier alpha value is -2.07. The molecule has 0 fully saturated rings. The monoisotopic (exact) mass is 258 g/mol. The Kier molecular flexibility index (Phi) is 4.75. The molecule has 0 amide bonds. The number of hydrogen-bond acceptors (Lipinski definition) is 4. The van der Waals surface area contributed by atoms with Crippen molar-refractivity contribution < 1.29 is 9.47 Å². The molecule has 100 valence electrons. The van der Waals surface area contributed by atoms with E-state index in [2.05, 4.69) is 10.3 Å². The summed E-state index contributed by atoms with van der Waals surface area (Å²) in [6.07, 6.45) is 1.75. The average molecular weight is 258 g/mol. The molecule has 4 heteroatoms. The van der Waals surface area contributed by atoms with Crippen LogP contribution in [0.25, 0.3) is 0 Å². The minimum atomic E-state index is 0.594. The first kappa shape index (κ1) is 13.4. The van der Waals surface area contributed by atoms with Gasteiger partial charge >= 0.3 is 0 Å². The maximum Gasteiger partial charge on any atom is 0.219 e. The number of aromatic nitrogens is 1. The zero-order valence-electron chi connectivity index (χ0n) is 11.2. The third-order valence-electron chi connectivity index (χ3n) is 2.54. The van der Waals surface area contributed by atoms with E-state index in [1.165, 1.54) is 0 Å². The zero-order valence-corrected chi connectivity index (χ0v) is 11.2. The van der Waals surface area contributed by atoms with Crippen LogP contribution in [0.15, 0.2) is 42.6 Å². The highest BCUT2D eigenvalue weighted by atomic mass is 16.5. The van der Waals surface area contributed by atoms with E-state index in [1.807, 2.05) is 50.4 Å². The zero-order chi connectivity index (χ0) is 13.5. The van der Waals surface area contributed by atoms with Crippen LogP contribution in [0.3, 0.4) is 0 Å². The molecule has 0 radical (unpaired) electrons. The van der Waals surface area contributed by atoms with Crippen molar-refractivity contribution in [3.8, 4) is 17.4 Å². The van der Waals surface area contributed by atoms with Crippen LogP contribution >= 0.6 is 0 Å². The normalized spacial score (nSPS) is 10.2. The van der Waals surface area contributed by atoms with Crippen LogP contribution in [-0.4, -0.2) is 18.6 Å². The van der Waals surface area contributed by atoms with Gasteiger partial charge in [-0.1, -0.05) is 0 Å². The summed E-state index contributed by atoms with van der Waals surface area (Å²) >= 11 is 0. The lowest BCUT2D eigenvalue weighted by Gasteiger charge is -2.07. The molecular formula is C15H18N2O2. The van der Waals surface area contributed by atoms with Gasteiger partial charge in [0.15, 0.2) is 0 Å². The van der Waals surface area contributed by atoms with Gasteiger partial charge in [0, 0.05) is 18.8 Å². The molecule has 0 saturated carbocycles.